The molecule has 0 saturated carbocycles. The fraction of sp³-hybridized carbons (Fsp3) is 0.0417. The number of aromatic nitrogens is 1. The van der Waals surface area contributed by atoms with Gasteiger partial charge in [0, 0.05) is 28.3 Å². The van der Waals surface area contributed by atoms with E-state index in [1.54, 1.807) is 0 Å². The lowest BCUT2D eigenvalue weighted by molar-refractivity contribution is -0.432. The SMILES string of the molecule is CN=Nc1nc(-c2ccc3ccccc3c2)c(N=Nc2cc(S(=O)(=O)O)c3cc(SOOO)cc(S(=O)(=O)O)c3c2)s1. The third-order valence-electron chi connectivity index (χ3n) is 5.73. The molecule has 0 aliphatic rings. The quantitative estimate of drug-likeness (QED) is 0.0480. The molecule has 0 spiro atoms. The molecule has 18 heteroatoms. The number of hydrogen-bond acceptors (Lipinski definition) is 14. The first kappa shape index (κ1) is 29.8. The Balaban J connectivity index is 1.68. The first-order valence-electron chi connectivity index (χ1n) is 11.4. The van der Waals surface area contributed by atoms with Crippen molar-refractivity contribution in [3.8, 4) is 11.3 Å². The molecule has 5 rings (SSSR count). The molecule has 0 radical (unpaired) electrons. The van der Waals surface area contributed by atoms with Crippen molar-refractivity contribution in [2.45, 2.75) is 14.7 Å². The van der Waals surface area contributed by atoms with Crippen LogP contribution in [0.15, 0.2) is 102 Å². The number of hydrogen-bond donors (Lipinski definition) is 3. The summed E-state index contributed by atoms with van der Waals surface area (Å²) in [5.41, 5.74) is 0.937. The third kappa shape index (κ3) is 6.36. The number of fused-ring (bicyclic) bond motifs is 2. The van der Waals surface area contributed by atoms with Crippen LogP contribution in [0.3, 0.4) is 0 Å². The Bertz CT molecular complexity index is 2110. The van der Waals surface area contributed by atoms with E-state index in [-0.39, 0.29) is 31.5 Å². The molecule has 0 atom stereocenters. The van der Waals surface area contributed by atoms with E-state index in [1.807, 2.05) is 42.5 Å². The Morgan fingerprint density at radius 1 is 0.833 bits per heavy atom. The van der Waals surface area contributed by atoms with Crippen molar-refractivity contribution in [2.75, 3.05) is 7.05 Å². The summed E-state index contributed by atoms with van der Waals surface area (Å²) in [5.74, 6) is 0. The van der Waals surface area contributed by atoms with E-state index >= 15 is 0 Å². The summed E-state index contributed by atoms with van der Waals surface area (Å²) in [6.45, 7) is 0. The van der Waals surface area contributed by atoms with Crippen molar-refractivity contribution in [1.82, 2.24) is 4.98 Å². The molecule has 216 valence electrons. The van der Waals surface area contributed by atoms with Gasteiger partial charge in [0.15, 0.2) is 5.00 Å². The van der Waals surface area contributed by atoms with Crippen molar-refractivity contribution in [1.29, 1.82) is 0 Å². The summed E-state index contributed by atoms with van der Waals surface area (Å²) in [6.07, 6.45) is 0. The molecule has 3 N–H and O–H groups in total. The van der Waals surface area contributed by atoms with Crippen LogP contribution in [0.4, 0.5) is 15.8 Å². The van der Waals surface area contributed by atoms with Crippen LogP contribution >= 0.6 is 23.4 Å². The summed E-state index contributed by atoms with van der Waals surface area (Å²) >= 11 is 1.36. The van der Waals surface area contributed by atoms with Gasteiger partial charge in [0.2, 0.25) is 5.13 Å². The predicted molar refractivity (Wildman–Crippen MR) is 154 cm³/mol. The fourth-order valence-electron chi connectivity index (χ4n) is 4.07. The Hall–Kier alpha value is -3.72. The molecule has 0 unspecified atom stereocenters. The van der Waals surface area contributed by atoms with E-state index in [9.17, 15) is 25.9 Å². The number of rotatable bonds is 9. The van der Waals surface area contributed by atoms with Crippen molar-refractivity contribution in [3.63, 3.8) is 0 Å². The highest BCUT2D eigenvalue weighted by Gasteiger charge is 2.23. The zero-order valence-corrected chi connectivity index (χ0v) is 24.3. The lowest BCUT2D eigenvalue weighted by Crippen LogP contribution is -2.04. The molecule has 42 heavy (non-hydrogen) atoms. The smallest absolute Gasteiger partial charge is 0.282 e. The van der Waals surface area contributed by atoms with E-state index in [4.69, 9.17) is 5.26 Å². The van der Waals surface area contributed by atoms with Crippen LogP contribution in [0.5, 0.6) is 0 Å². The standard InChI is InChI=1S/C24H17N5O9S4/c1-25-29-24-26-22(15-7-6-13-4-2-3-5-14(13)8-15)23(39-24)28-27-16-9-18-19(20(10-16)41(31,32)33)11-17(40-38-37-30)12-21(18)42(34,35)36/h2-12,30H,1H3,(H,31,32,33)(H,34,35,36). The molecule has 4 aromatic carbocycles. The molecule has 1 heterocycles. The number of thiazole rings is 1. The number of benzene rings is 4. The summed E-state index contributed by atoms with van der Waals surface area (Å²) in [7, 11) is -8.42. The molecule has 0 fully saturated rings. The van der Waals surface area contributed by atoms with Crippen LogP contribution in [-0.4, -0.2) is 43.2 Å². The van der Waals surface area contributed by atoms with Gasteiger partial charge in [0.25, 0.3) is 20.2 Å². The van der Waals surface area contributed by atoms with Gasteiger partial charge in [0.1, 0.15) is 15.5 Å². The molecule has 5 aromatic rings. The van der Waals surface area contributed by atoms with Gasteiger partial charge in [0.05, 0.1) is 17.7 Å². The van der Waals surface area contributed by atoms with E-state index in [0.29, 0.717) is 23.3 Å². The van der Waals surface area contributed by atoms with Crippen LogP contribution in [-0.2, 0) is 29.6 Å². The molecular formula is C24H17N5O9S4. The first-order valence-corrected chi connectivity index (χ1v) is 15.8. The van der Waals surface area contributed by atoms with E-state index in [1.165, 1.54) is 7.05 Å². The minimum Gasteiger partial charge on any atom is -0.282 e. The summed E-state index contributed by atoms with van der Waals surface area (Å²) in [6, 6.07) is 17.6. The number of azo groups is 2. The maximum atomic E-state index is 12.3. The van der Waals surface area contributed by atoms with Gasteiger partial charge >= 0.3 is 0 Å². The zero-order valence-electron chi connectivity index (χ0n) is 21.0. The Kier molecular flexibility index (Phi) is 8.42. The highest BCUT2D eigenvalue weighted by atomic mass is 32.2. The van der Waals surface area contributed by atoms with Gasteiger partial charge in [-0.2, -0.15) is 21.9 Å². The van der Waals surface area contributed by atoms with Gasteiger partial charge in [-0.05, 0) is 41.1 Å². The highest BCUT2D eigenvalue weighted by molar-refractivity contribution is 7.94. The minimum absolute atomic E-state index is 0.0919. The summed E-state index contributed by atoms with van der Waals surface area (Å²) < 4.78 is 73.2. The Morgan fingerprint density at radius 2 is 1.52 bits per heavy atom. The summed E-state index contributed by atoms with van der Waals surface area (Å²) in [5, 5.41) is 29.9. The summed E-state index contributed by atoms with van der Waals surface area (Å²) in [4.78, 5) is 2.94. The molecule has 0 bridgehead atoms. The molecule has 1 aromatic heterocycles. The van der Waals surface area contributed by atoms with E-state index in [0.717, 1.165) is 46.4 Å². The molecule has 0 saturated heterocycles. The van der Waals surface area contributed by atoms with Crippen LogP contribution in [0.1, 0.15) is 0 Å². The Labute approximate surface area is 245 Å². The van der Waals surface area contributed by atoms with Crippen molar-refractivity contribution in [2.24, 2.45) is 20.5 Å². The monoisotopic (exact) mass is 647 g/mol. The maximum absolute atomic E-state index is 12.3. The molecule has 0 amide bonds. The second-order valence-electron chi connectivity index (χ2n) is 8.35. The highest BCUT2D eigenvalue weighted by Crippen LogP contribution is 2.42. The minimum atomic E-state index is -4.96. The lowest BCUT2D eigenvalue weighted by atomic mass is 10.1. The van der Waals surface area contributed by atoms with Gasteiger partial charge in [-0.15, -0.1) is 19.7 Å². The normalized spacial score (nSPS) is 12.8. The second-order valence-corrected chi connectivity index (χ2v) is 12.9. The maximum Gasteiger partial charge on any atom is 0.295 e. The molecule has 14 nitrogen and oxygen atoms in total. The van der Waals surface area contributed by atoms with Crippen molar-refractivity contribution < 1.29 is 40.6 Å². The van der Waals surface area contributed by atoms with Crippen molar-refractivity contribution >= 4 is 81.0 Å². The van der Waals surface area contributed by atoms with Crippen LogP contribution in [0.25, 0.3) is 32.8 Å². The largest absolute Gasteiger partial charge is 0.295 e. The number of nitrogens with zero attached hydrogens (tertiary/aromatic N) is 5. The zero-order chi connectivity index (χ0) is 30.1. The predicted octanol–water partition coefficient (Wildman–Crippen LogP) is 7.17. The van der Waals surface area contributed by atoms with Gasteiger partial charge in [-0.25, -0.2) is 10.2 Å². The molecule has 0 aliphatic carbocycles. The third-order valence-corrected chi connectivity index (χ3v) is 8.90. The van der Waals surface area contributed by atoms with E-state index < -0.39 is 30.0 Å². The average Bonchev–Trinajstić information content (AvgIpc) is 3.35. The Morgan fingerprint density at radius 3 is 2.21 bits per heavy atom. The lowest BCUT2D eigenvalue weighted by Gasteiger charge is -2.11. The fourth-order valence-corrected chi connectivity index (χ4v) is 6.80. The van der Waals surface area contributed by atoms with E-state index in [2.05, 4.69) is 34.8 Å². The molecule has 0 aliphatic heterocycles. The van der Waals surface area contributed by atoms with Gasteiger partial charge < -0.3 is 0 Å². The van der Waals surface area contributed by atoms with Crippen LogP contribution in [0, 0.1) is 0 Å². The van der Waals surface area contributed by atoms with Gasteiger partial charge in [-0.3, -0.25) is 9.11 Å². The van der Waals surface area contributed by atoms with Crippen molar-refractivity contribution in [3.05, 3.63) is 66.7 Å². The first-order chi connectivity index (χ1) is 20.0. The average molecular weight is 648 g/mol. The van der Waals surface area contributed by atoms with Crippen LogP contribution < -0.4 is 0 Å². The molecular weight excluding hydrogens is 631 g/mol. The van der Waals surface area contributed by atoms with Gasteiger partial charge in [-0.1, -0.05) is 52.8 Å². The van der Waals surface area contributed by atoms with Crippen LogP contribution in [0.2, 0.25) is 0 Å². The topological polar surface area (TPSA) is 210 Å². The second kappa shape index (κ2) is 11.9.